The fourth-order valence-electron chi connectivity index (χ4n) is 3.19. The van der Waals surface area contributed by atoms with Crippen molar-refractivity contribution < 1.29 is 17.6 Å². The Balaban J connectivity index is 1.50. The molecule has 2 aromatic carbocycles. The summed E-state index contributed by atoms with van der Waals surface area (Å²) in [5.41, 5.74) is 0.827. The Labute approximate surface area is 165 Å². The summed E-state index contributed by atoms with van der Waals surface area (Å²) in [5, 5.41) is 2.90. The molecule has 1 saturated heterocycles. The zero-order valence-corrected chi connectivity index (χ0v) is 16.5. The largest absolute Gasteiger partial charge is 0.348 e. The lowest BCUT2D eigenvalue weighted by molar-refractivity contribution is -0.123. The summed E-state index contributed by atoms with van der Waals surface area (Å²) in [6, 6.07) is 14.2. The first-order valence-electron chi connectivity index (χ1n) is 9.18. The van der Waals surface area contributed by atoms with E-state index in [1.54, 1.807) is 42.5 Å². The van der Waals surface area contributed by atoms with Gasteiger partial charge in [0.2, 0.25) is 15.9 Å². The second kappa shape index (κ2) is 8.81. The number of nitrogens with one attached hydrogen (secondary N) is 1. The van der Waals surface area contributed by atoms with E-state index in [1.165, 1.54) is 16.4 Å². The predicted octanol–water partition coefficient (Wildman–Crippen LogP) is 2.01. The molecule has 1 unspecified atom stereocenters. The molecule has 0 saturated carbocycles. The monoisotopic (exact) mass is 405 g/mol. The first-order chi connectivity index (χ1) is 13.4. The van der Waals surface area contributed by atoms with Crippen LogP contribution in [-0.2, 0) is 14.8 Å². The minimum atomic E-state index is -3.50. The number of hydrogen-bond donors (Lipinski definition) is 1. The first-order valence-corrected chi connectivity index (χ1v) is 10.6. The van der Waals surface area contributed by atoms with Crippen molar-refractivity contribution in [1.82, 2.24) is 14.5 Å². The molecule has 6 nitrogen and oxygen atoms in total. The van der Waals surface area contributed by atoms with E-state index in [1.807, 2.05) is 11.8 Å². The lowest BCUT2D eigenvalue weighted by atomic mass is 10.1. The molecular formula is C20H24FN3O3S. The zero-order valence-electron chi connectivity index (χ0n) is 15.7. The Kier molecular flexibility index (Phi) is 6.43. The van der Waals surface area contributed by atoms with Crippen LogP contribution in [0.25, 0.3) is 0 Å². The van der Waals surface area contributed by atoms with Gasteiger partial charge in [0.15, 0.2) is 0 Å². The number of halogens is 1. The summed E-state index contributed by atoms with van der Waals surface area (Å²) in [7, 11) is -3.50. The van der Waals surface area contributed by atoms with Crippen LogP contribution in [0.2, 0.25) is 0 Å². The van der Waals surface area contributed by atoms with Crippen LogP contribution in [0.3, 0.4) is 0 Å². The number of hydrogen-bond acceptors (Lipinski definition) is 4. The Morgan fingerprint density at radius 1 is 1.04 bits per heavy atom. The molecule has 1 fully saturated rings. The first kappa shape index (κ1) is 20.4. The minimum absolute atomic E-state index is 0.142. The van der Waals surface area contributed by atoms with E-state index in [2.05, 4.69) is 5.32 Å². The summed E-state index contributed by atoms with van der Waals surface area (Å²) in [5.74, 6) is -0.457. The van der Waals surface area contributed by atoms with Crippen LogP contribution in [0.4, 0.5) is 4.39 Å². The third-order valence-electron chi connectivity index (χ3n) is 4.83. The van der Waals surface area contributed by atoms with E-state index in [9.17, 15) is 17.6 Å². The highest BCUT2D eigenvalue weighted by Gasteiger charge is 2.29. The molecule has 0 spiro atoms. The van der Waals surface area contributed by atoms with Crippen molar-refractivity contribution in [3.8, 4) is 0 Å². The third-order valence-corrected chi connectivity index (χ3v) is 6.74. The van der Waals surface area contributed by atoms with Crippen LogP contribution in [-0.4, -0.2) is 56.3 Å². The number of nitrogens with zero attached hydrogens (tertiary/aromatic N) is 2. The summed E-state index contributed by atoms with van der Waals surface area (Å²) in [6.07, 6.45) is 0. The highest BCUT2D eigenvalue weighted by atomic mass is 32.2. The maximum absolute atomic E-state index is 13.0. The summed E-state index contributed by atoms with van der Waals surface area (Å²) >= 11 is 0. The standard InChI is InChI=1S/C20H24FN3O3S/c1-16(17-7-9-18(21)10-8-17)22-20(25)15-23-11-13-24(14-12-23)28(26,27)19-5-3-2-4-6-19/h2-10,16H,11-15H2,1H3,(H,22,25). The highest BCUT2D eigenvalue weighted by molar-refractivity contribution is 7.89. The number of piperazine rings is 1. The lowest BCUT2D eigenvalue weighted by Crippen LogP contribution is -2.51. The number of amides is 1. The lowest BCUT2D eigenvalue weighted by Gasteiger charge is -2.33. The molecule has 0 aliphatic carbocycles. The molecule has 1 amide bonds. The molecule has 3 rings (SSSR count). The molecule has 0 aromatic heterocycles. The minimum Gasteiger partial charge on any atom is -0.348 e. The van der Waals surface area contributed by atoms with Gasteiger partial charge in [-0.05, 0) is 36.8 Å². The van der Waals surface area contributed by atoms with Crippen LogP contribution in [0, 0.1) is 5.82 Å². The molecule has 150 valence electrons. The van der Waals surface area contributed by atoms with Gasteiger partial charge in [0, 0.05) is 26.2 Å². The second-order valence-electron chi connectivity index (χ2n) is 6.83. The van der Waals surface area contributed by atoms with Crippen molar-refractivity contribution in [1.29, 1.82) is 0 Å². The number of sulfonamides is 1. The van der Waals surface area contributed by atoms with Crippen molar-refractivity contribution in [2.24, 2.45) is 0 Å². The smallest absolute Gasteiger partial charge is 0.243 e. The molecule has 1 N–H and O–H groups in total. The molecule has 8 heteroatoms. The molecular weight excluding hydrogens is 381 g/mol. The van der Waals surface area contributed by atoms with Crippen LogP contribution < -0.4 is 5.32 Å². The fraction of sp³-hybridized carbons (Fsp3) is 0.350. The van der Waals surface area contributed by atoms with Crippen molar-refractivity contribution in [2.45, 2.75) is 17.9 Å². The maximum atomic E-state index is 13.0. The summed E-state index contributed by atoms with van der Waals surface area (Å²) in [6.45, 7) is 3.71. The molecule has 1 atom stereocenters. The number of rotatable bonds is 6. The molecule has 0 radical (unpaired) electrons. The van der Waals surface area contributed by atoms with Crippen LogP contribution in [0.1, 0.15) is 18.5 Å². The Morgan fingerprint density at radius 2 is 1.64 bits per heavy atom. The van der Waals surface area contributed by atoms with Crippen LogP contribution in [0.15, 0.2) is 59.5 Å². The summed E-state index contributed by atoms with van der Waals surface area (Å²) in [4.78, 5) is 14.5. The Morgan fingerprint density at radius 3 is 2.25 bits per heavy atom. The van der Waals surface area contributed by atoms with Gasteiger partial charge in [0.25, 0.3) is 0 Å². The number of carbonyl (C=O) groups is 1. The molecule has 2 aromatic rings. The topological polar surface area (TPSA) is 69.7 Å². The zero-order chi connectivity index (χ0) is 20.1. The molecule has 1 heterocycles. The fourth-order valence-corrected chi connectivity index (χ4v) is 4.64. The van der Waals surface area contributed by atoms with E-state index in [4.69, 9.17) is 0 Å². The second-order valence-corrected chi connectivity index (χ2v) is 8.77. The van der Waals surface area contributed by atoms with E-state index in [0.29, 0.717) is 26.2 Å². The van der Waals surface area contributed by atoms with Crippen molar-refractivity contribution in [3.05, 3.63) is 66.0 Å². The number of benzene rings is 2. The van der Waals surface area contributed by atoms with Crippen LogP contribution >= 0.6 is 0 Å². The average Bonchev–Trinajstić information content (AvgIpc) is 2.69. The number of carbonyl (C=O) groups excluding carboxylic acids is 1. The van der Waals surface area contributed by atoms with E-state index >= 15 is 0 Å². The van der Waals surface area contributed by atoms with Gasteiger partial charge in [-0.1, -0.05) is 30.3 Å². The van der Waals surface area contributed by atoms with Gasteiger partial charge >= 0.3 is 0 Å². The normalized spacial score (nSPS) is 17.2. The highest BCUT2D eigenvalue weighted by Crippen LogP contribution is 2.17. The maximum Gasteiger partial charge on any atom is 0.243 e. The van der Waals surface area contributed by atoms with Crippen molar-refractivity contribution in [2.75, 3.05) is 32.7 Å². The van der Waals surface area contributed by atoms with Gasteiger partial charge in [0.05, 0.1) is 17.5 Å². The van der Waals surface area contributed by atoms with E-state index in [-0.39, 0.29) is 29.2 Å². The SMILES string of the molecule is CC(NC(=O)CN1CCN(S(=O)(=O)c2ccccc2)CC1)c1ccc(F)cc1. The third kappa shape index (κ3) is 4.95. The van der Waals surface area contributed by atoms with Crippen molar-refractivity contribution in [3.63, 3.8) is 0 Å². The molecule has 28 heavy (non-hydrogen) atoms. The van der Waals surface area contributed by atoms with Crippen LogP contribution in [0.5, 0.6) is 0 Å². The predicted molar refractivity (Wildman–Crippen MR) is 105 cm³/mol. The van der Waals surface area contributed by atoms with Gasteiger partial charge in [-0.15, -0.1) is 0 Å². The molecule has 1 aliphatic heterocycles. The quantitative estimate of drug-likeness (QED) is 0.798. The van der Waals surface area contributed by atoms with Gasteiger partial charge in [-0.2, -0.15) is 4.31 Å². The average molecular weight is 405 g/mol. The van der Waals surface area contributed by atoms with E-state index < -0.39 is 10.0 Å². The Hall–Kier alpha value is -2.29. The van der Waals surface area contributed by atoms with Crippen molar-refractivity contribution >= 4 is 15.9 Å². The van der Waals surface area contributed by atoms with Gasteiger partial charge in [0.1, 0.15) is 5.82 Å². The van der Waals surface area contributed by atoms with Gasteiger partial charge in [-0.3, -0.25) is 9.69 Å². The van der Waals surface area contributed by atoms with Gasteiger partial charge in [-0.25, -0.2) is 12.8 Å². The molecule has 1 aliphatic rings. The van der Waals surface area contributed by atoms with Gasteiger partial charge < -0.3 is 5.32 Å². The Bertz CT molecular complexity index is 896. The summed E-state index contributed by atoms with van der Waals surface area (Å²) < 4.78 is 39.7. The molecule has 0 bridgehead atoms. The van der Waals surface area contributed by atoms with E-state index in [0.717, 1.165) is 5.56 Å².